The average molecular weight is 321 g/mol. The summed E-state index contributed by atoms with van der Waals surface area (Å²) in [5.41, 5.74) is 0.956. The molecule has 0 radical (unpaired) electrons. The van der Waals surface area contributed by atoms with Gasteiger partial charge >= 0.3 is 0 Å². The summed E-state index contributed by atoms with van der Waals surface area (Å²) >= 11 is 0. The molecule has 1 amide bonds. The van der Waals surface area contributed by atoms with Crippen molar-refractivity contribution in [1.82, 2.24) is 4.90 Å². The zero-order valence-electron chi connectivity index (χ0n) is 13.8. The predicted molar refractivity (Wildman–Crippen MR) is 85.7 cm³/mol. The van der Waals surface area contributed by atoms with Crippen molar-refractivity contribution in [3.63, 3.8) is 0 Å². The van der Waals surface area contributed by atoms with Gasteiger partial charge in [0.1, 0.15) is 11.6 Å². The number of benzene rings is 1. The SMILES string of the molecule is CCCN(Cc1ccc(F)cc1F)C(=O)C1CCC2(CC1)CC2. The lowest BCUT2D eigenvalue weighted by Gasteiger charge is -2.32. The van der Waals surface area contributed by atoms with Crippen LogP contribution in [0.15, 0.2) is 18.2 Å². The molecule has 4 heteroatoms. The molecule has 0 N–H and O–H groups in total. The second-order valence-corrected chi connectivity index (χ2v) is 7.27. The molecule has 0 aliphatic heterocycles. The van der Waals surface area contributed by atoms with E-state index in [4.69, 9.17) is 0 Å². The van der Waals surface area contributed by atoms with Crippen LogP contribution in [-0.2, 0) is 11.3 Å². The molecule has 2 fully saturated rings. The number of carbonyl (C=O) groups excluding carboxylic acids is 1. The van der Waals surface area contributed by atoms with E-state index < -0.39 is 11.6 Å². The Morgan fingerprint density at radius 1 is 1.22 bits per heavy atom. The molecule has 1 aromatic carbocycles. The van der Waals surface area contributed by atoms with Crippen LogP contribution in [0.4, 0.5) is 8.78 Å². The van der Waals surface area contributed by atoms with Gasteiger partial charge in [-0.15, -0.1) is 0 Å². The minimum Gasteiger partial charge on any atom is -0.338 e. The molecule has 2 aliphatic rings. The second-order valence-electron chi connectivity index (χ2n) is 7.27. The van der Waals surface area contributed by atoms with Crippen LogP contribution in [0.3, 0.4) is 0 Å². The summed E-state index contributed by atoms with van der Waals surface area (Å²) in [6.07, 6.45) is 7.74. The lowest BCUT2D eigenvalue weighted by Crippen LogP contribution is -2.38. The van der Waals surface area contributed by atoms with Crippen molar-refractivity contribution in [3.05, 3.63) is 35.4 Å². The van der Waals surface area contributed by atoms with Gasteiger partial charge in [-0.3, -0.25) is 4.79 Å². The molecule has 3 rings (SSSR count). The Labute approximate surface area is 136 Å². The number of hydrogen-bond donors (Lipinski definition) is 0. The fraction of sp³-hybridized carbons (Fsp3) is 0.632. The van der Waals surface area contributed by atoms with Crippen molar-refractivity contribution in [3.8, 4) is 0 Å². The van der Waals surface area contributed by atoms with Crippen LogP contribution in [0.2, 0.25) is 0 Å². The Bertz CT molecular complexity index is 573. The second kappa shape index (κ2) is 6.58. The van der Waals surface area contributed by atoms with Crippen LogP contribution in [0, 0.1) is 23.0 Å². The third-order valence-electron chi connectivity index (χ3n) is 5.53. The number of hydrogen-bond acceptors (Lipinski definition) is 1. The summed E-state index contributed by atoms with van der Waals surface area (Å²) < 4.78 is 26.9. The maximum Gasteiger partial charge on any atom is 0.225 e. The van der Waals surface area contributed by atoms with Gasteiger partial charge in [0, 0.05) is 30.6 Å². The summed E-state index contributed by atoms with van der Waals surface area (Å²) in [6, 6.07) is 3.59. The molecule has 2 aliphatic carbocycles. The molecule has 0 heterocycles. The highest BCUT2D eigenvalue weighted by atomic mass is 19.1. The molecule has 1 spiro atoms. The largest absolute Gasteiger partial charge is 0.338 e. The summed E-state index contributed by atoms with van der Waals surface area (Å²) in [6.45, 7) is 2.87. The number of halogens is 2. The van der Waals surface area contributed by atoms with Crippen LogP contribution in [0.1, 0.15) is 57.4 Å². The van der Waals surface area contributed by atoms with Gasteiger partial charge in [0.2, 0.25) is 5.91 Å². The molecule has 0 unspecified atom stereocenters. The Balaban J connectivity index is 1.66. The molecule has 2 saturated carbocycles. The molecule has 1 aromatic rings. The lowest BCUT2D eigenvalue weighted by atomic mass is 9.79. The maximum atomic E-state index is 13.9. The minimum absolute atomic E-state index is 0.0799. The van der Waals surface area contributed by atoms with Crippen molar-refractivity contribution in [2.24, 2.45) is 11.3 Å². The normalized spacial score (nSPS) is 19.8. The molecule has 0 bridgehead atoms. The maximum absolute atomic E-state index is 13.9. The summed E-state index contributed by atoms with van der Waals surface area (Å²) in [7, 11) is 0. The van der Waals surface area contributed by atoms with Gasteiger partial charge in [0.05, 0.1) is 0 Å². The van der Waals surface area contributed by atoms with Crippen molar-refractivity contribution >= 4 is 5.91 Å². The van der Waals surface area contributed by atoms with E-state index >= 15 is 0 Å². The van der Waals surface area contributed by atoms with Gasteiger partial charge in [0.15, 0.2) is 0 Å². The van der Waals surface area contributed by atoms with Gasteiger partial charge in [-0.2, -0.15) is 0 Å². The molecular weight excluding hydrogens is 296 g/mol. The summed E-state index contributed by atoms with van der Waals surface area (Å²) in [5.74, 6) is -0.927. The predicted octanol–water partition coefficient (Wildman–Crippen LogP) is 4.67. The molecular formula is C19H25F2NO. The first-order chi connectivity index (χ1) is 11.0. The van der Waals surface area contributed by atoms with Gasteiger partial charge in [-0.1, -0.05) is 13.0 Å². The first-order valence-electron chi connectivity index (χ1n) is 8.76. The fourth-order valence-corrected chi connectivity index (χ4v) is 3.80. The minimum atomic E-state index is -0.582. The lowest BCUT2D eigenvalue weighted by molar-refractivity contribution is -0.137. The van der Waals surface area contributed by atoms with Gasteiger partial charge in [0.25, 0.3) is 0 Å². The zero-order valence-corrected chi connectivity index (χ0v) is 13.8. The van der Waals surface area contributed by atoms with Crippen molar-refractivity contribution in [2.75, 3.05) is 6.54 Å². The highest BCUT2D eigenvalue weighted by Gasteiger charge is 2.46. The van der Waals surface area contributed by atoms with E-state index in [9.17, 15) is 13.6 Å². The smallest absolute Gasteiger partial charge is 0.225 e. The van der Waals surface area contributed by atoms with E-state index in [1.807, 2.05) is 6.92 Å². The Kier molecular flexibility index (Phi) is 4.69. The van der Waals surface area contributed by atoms with Gasteiger partial charge < -0.3 is 4.90 Å². The van der Waals surface area contributed by atoms with Crippen molar-refractivity contribution < 1.29 is 13.6 Å². The van der Waals surface area contributed by atoms with E-state index in [1.165, 1.54) is 25.0 Å². The third-order valence-corrected chi connectivity index (χ3v) is 5.53. The number of nitrogens with zero attached hydrogens (tertiary/aromatic N) is 1. The topological polar surface area (TPSA) is 20.3 Å². The van der Waals surface area contributed by atoms with Gasteiger partial charge in [-0.05, 0) is 56.4 Å². The quantitative estimate of drug-likeness (QED) is 0.771. The molecule has 0 atom stereocenters. The molecule has 23 heavy (non-hydrogen) atoms. The van der Waals surface area contributed by atoms with E-state index in [0.29, 0.717) is 17.5 Å². The van der Waals surface area contributed by atoms with Crippen molar-refractivity contribution in [1.29, 1.82) is 0 Å². The Hall–Kier alpha value is -1.45. The standard InChI is InChI=1S/C19H25F2NO/c1-2-11-22(13-15-3-4-16(20)12-17(15)21)18(23)14-5-7-19(8-6-14)9-10-19/h3-4,12,14H,2,5-11,13H2,1H3. The van der Waals surface area contributed by atoms with E-state index in [-0.39, 0.29) is 18.4 Å². The van der Waals surface area contributed by atoms with Gasteiger partial charge in [-0.25, -0.2) is 8.78 Å². The highest BCUT2D eigenvalue weighted by molar-refractivity contribution is 5.79. The van der Waals surface area contributed by atoms with Crippen LogP contribution >= 0.6 is 0 Å². The van der Waals surface area contributed by atoms with E-state index in [1.54, 1.807) is 4.90 Å². The first kappa shape index (κ1) is 16.4. The van der Waals surface area contributed by atoms with Crippen molar-refractivity contribution in [2.45, 2.75) is 58.4 Å². The van der Waals surface area contributed by atoms with Crippen LogP contribution in [0.5, 0.6) is 0 Å². The Morgan fingerprint density at radius 2 is 1.91 bits per heavy atom. The number of carbonyl (C=O) groups is 1. The molecule has 2 nitrogen and oxygen atoms in total. The molecule has 126 valence electrons. The summed E-state index contributed by atoms with van der Waals surface area (Å²) in [5, 5.41) is 0. The molecule has 0 saturated heterocycles. The fourth-order valence-electron chi connectivity index (χ4n) is 3.80. The van der Waals surface area contributed by atoms with Crippen LogP contribution in [-0.4, -0.2) is 17.4 Å². The van der Waals surface area contributed by atoms with E-state index in [2.05, 4.69) is 0 Å². The van der Waals surface area contributed by atoms with E-state index in [0.717, 1.165) is 38.2 Å². The highest BCUT2D eigenvalue weighted by Crippen LogP contribution is 2.57. The van der Waals surface area contributed by atoms with Crippen LogP contribution < -0.4 is 0 Å². The molecule has 0 aromatic heterocycles. The Morgan fingerprint density at radius 3 is 2.48 bits per heavy atom. The monoisotopic (exact) mass is 321 g/mol. The first-order valence-corrected chi connectivity index (χ1v) is 8.76. The zero-order chi connectivity index (χ0) is 16.4. The number of amides is 1. The van der Waals surface area contributed by atoms with Crippen LogP contribution in [0.25, 0.3) is 0 Å². The average Bonchev–Trinajstić information content (AvgIpc) is 3.28. The summed E-state index contributed by atoms with van der Waals surface area (Å²) in [4.78, 5) is 14.6. The third kappa shape index (κ3) is 3.73. The number of rotatable bonds is 5.